The van der Waals surface area contributed by atoms with Crippen LogP contribution in [0, 0.1) is 11.3 Å². The maximum absolute atomic E-state index is 9.49. The Bertz CT molecular complexity index is 1320. The molecule has 0 spiro atoms. The van der Waals surface area contributed by atoms with Gasteiger partial charge in [-0.05, 0) is 44.9 Å². The molecular formula is C24H25N7S. The summed E-state index contributed by atoms with van der Waals surface area (Å²) in [7, 11) is 0. The third-order valence-electron chi connectivity index (χ3n) is 6.06. The highest BCUT2D eigenvalue weighted by molar-refractivity contribution is 7.99. The van der Waals surface area contributed by atoms with Crippen LogP contribution in [-0.4, -0.2) is 31.5 Å². The van der Waals surface area contributed by atoms with Crippen LogP contribution < -0.4 is 11.1 Å². The van der Waals surface area contributed by atoms with E-state index in [9.17, 15) is 5.26 Å². The van der Waals surface area contributed by atoms with Gasteiger partial charge in [-0.25, -0.2) is 4.52 Å². The molecule has 1 atom stereocenters. The topological polar surface area (TPSA) is 97.0 Å². The first-order chi connectivity index (χ1) is 15.4. The van der Waals surface area contributed by atoms with Crippen LogP contribution in [0.2, 0.25) is 0 Å². The van der Waals surface area contributed by atoms with Crippen molar-refractivity contribution in [2.75, 3.05) is 12.3 Å². The van der Waals surface area contributed by atoms with Crippen molar-refractivity contribution in [3.05, 3.63) is 60.7 Å². The molecule has 1 aliphatic heterocycles. The smallest absolute Gasteiger partial charge is 0.103 e. The van der Waals surface area contributed by atoms with Crippen molar-refractivity contribution < 1.29 is 0 Å². The molecule has 5 rings (SSSR count). The highest BCUT2D eigenvalue weighted by Crippen LogP contribution is 2.38. The second-order valence-corrected chi connectivity index (χ2v) is 9.95. The van der Waals surface area contributed by atoms with E-state index >= 15 is 0 Å². The lowest BCUT2D eigenvalue weighted by Gasteiger charge is -2.35. The third kappa shape index (κ3) is 3.85. The molecule has 8 heteroatoms. The molecule has 0 amide bonds. The van der Waals surface area contributed by atoms with Gasteiger partial charge in [0.05, 0.1) is 29.7 Å². The van der Waals surface area contributed by atoms with Gasteiger partial charge in [-0.1, -0.05) is 23.9 Å². The lowest BCUT2D eigenvalue weighted by atomic mass is 9.91. The summed E-state index contributed by atoms with van der Waals surface area (Å²) in [5.41, 5.74) is 10.5. The highest BCUT2D eigenvalue weighted by Gasteiger charge is 2.27. The Morgan fingerprint density at radius 1 is 1.16 bits per heavy atom. The van der Waals surface area contributed by atoms with E-state index in [0.717, 1.165) is 45.8 Å². The first kappa shape index (κ1) is 20.6. The van der Waals surface area contributed by atoms with E-state index in [2.05, 4.69) is 52.4 Å². The van der Waals surface area contributed by atoms with Crippen molar-refractivity contribution >= 4 is 23.0 Å². The molecule has 162 valence electrons. The maximum atomic E-state index is 9.49. The van der Waals surface area contributed by atoms with E-state index in [1.807, 2.05) is 41.2 Å². The standard InChI is InChI=1S/C24H25N7S/c1-24(2)8-7-19(12-27-24)30-15-18(11-28-30)17-9-22(23-20(26)13-29-31(23)14-17)32-21-6-4-3-5-16(21)10-25/h3-6,9,11,13-15,19,27H,7-8,12,26H2,1-2H3/t19-/m0/s1. The summed E-state index contributed by atoms with van der Waals surface area (Å²) in [5.74, 6) is 0. The largest absolute Gasteiger partial charge is 0.396 e. The van der Waals surface area contributed by atoms with Crippen LogP contribution in [0.4, 0.5) is 5.69 Å². The highest BCUT2D eigenvalue weighted by atomic mass is 32.2. The molecule has 3 N–H and O–H groups in total. The van der Waals surface area contributed by atoms with E-state index in [0.29, 0.717) is 17.3 Å². The zero-order valence-corrected chi connectivity index (χ0v) is 18.9. The van der Waals surface area contributed by atoms with E-state index in [1.165, 1.54) is 11.8 Å². The Hall–Kier alpha value is -3.28. The average molecular weight is 444 g/mol. The second kappa shape index (κ2) is 8.01. The normalized spacial score (nSPS) is 18.0. The molecule has 1 saturated heterocycles. The number of anilines is 1. The zero-order valence-electron chi connectivity index (χ0n) is 18.1. The molecule has 32 heavy (non-hydrogen) atoms. The van der Waals surface area contributed by atoms with Crippen LogP contribution in [0.15, 0.2) is 64.9 Å². The number of piperidine rings is 1. The summed E-state index contributed by atoms with van der Waals surface area (Å²) < 4.78 is 3.88. The van der Waals surface area contributed by atoms with Gasteiger partial charge in [0.25, 0.3) is 0 Å². The Morgan fingerprint density at radius 2 is 2.00 bits per heavy atom. The lowest BCUT2D eigenvalue weighted by Crippen LogP contribution is -2.47. The minimum Gasteiger partial charge on any atom is -0.396 e. The summed E-state index contributed by atoms with van der Waals surface area (Å²) >= 11 is 1.53. The van der Waals surface area contributed by atoms with Crippen molar-refractivity contribution in [2.24, 2.45) is 0 Å². The van der Waals surface area contributed by atoms with E-state index in [1.54, 1.807) is 6.20 Å². The van der Waals surface area contributed by atoms with Gasteiger partial charge in [0.2, 0.25) is 0 Å². The first-order valence-electron chi connectivity index (χ1n) is 10.7. The van der Waals surface area contributed by atoms with Crippen LogP contribution in [0.5, 0.6) is 0 Å². The van der Waals surface area contributed by atoms with Crippen LogP contribution in [-0.2, 0) is 0 Å². The van der Waals surface area contributed by atoms with Crippen LogP contribution in [0.1, 0.15) is 38.3 Å². The van der Waals surface area contributed by atoms with E-state index < -0.39 is 0 Å². The van der Waals surface area contributed by atoms with E-state index in [4.69, 9.17) is 5.73 Å². The Labute approximate surface area is 191 Å². The SMILES string of the molecule is CC1(C)CC[C@H](n2cc(-c3cc(Sc4ccccc4C#N)c4c(N)cnn4c3)cn2)CN1. The number of nitrogens with two attached hydrogens (primary N) is 1. The van der Waals surface area contributed by atoms with Crippen molar-refractivity contribution in [1.29, 1.82) is 5.26 Å². The van der Waals surface area contributed by atoms with Gasteiger partial charge < -0.3 is 11.1 Å². The fourth-order valence-corrected chi connectivity index (χ4v) is 5.24. The average Bonchev–Trinajstić information content (AvgIpc) is 3.42. The van der Waals surface area contributed by atoms with Crippen LogP contribution in [0.25, 0.3) is 16.6 Å². The number of nitrogen functional groups attached to an aromatic ring is 1. The summed E-state index contributed by atoms with van der Waals surface area (Å²) in [6, 6.07) is 12.3. The molecule has 0 radical (unpaired) electrons. The van der Waals surface area contributed by atoms with Crippen molar-refractivity contribution in [2.45, 2.75) is 48.1 Å². The number of hydrogen-bond donors (Lipinski definition) is 2. The summed E-state index contributed by atoms with van der Waals surface area (Å²) in [5, 5.41) is 22.2. The number of pyridine rings is 1. The molecule has 1 aliphatic rings. The van der Waals surface area contributed by atoms with Gasteiger partial charge in [-0.15, -0.1) is 0 Å². The lowest BCUT2D eigenvalue weighted by molar-refractivity contribution is 0.232. The molecule has 1 fully saturated rings. The molecule has 0 bridgehead atoms. The molecule has 0 saturated carbocycles. The molecule has 1 aromatic carbocycles. The number of hydrogen-bond acceptors (Lipinski definition) is 6. The quantitative estimate of drug-likeness (QED) is 0.482. The van der Waals surface area contributed by atoms with Gasteiger partial charge in [-0.2, -0.15) is 15.5 Å². The molecular weight excluding hydrogens is 418 g/mol. The number of nitrogens with one attached hydrogen (secondary N) is 1. The molecule has 4 aromatic rings. The zero-order chi connectivity index (χ0) is 22.3. The Balaban J connectivity index is 1.51. The van der Waals surface area contributed by atoms with E-state index in [-0.39, 0.29) is 5.54 Å². The number of aromatic nitrogens is 4. The van der Waals surface area contributed by atoms with Crippen molar-refractivity contribution in [1.82, 2.24) is 24.7 Å². The Morgan fingerprint density at radius 3 is 2.78 bits per heavy atom. The van der Waals surface area contributed by atoms with Crippen molar-refractivity contribution in [3.8, 4) is 17.2 Å². The molecule has 0 unspecified atom stereocenters. The maximum Gasteiger partial charge on any atom is 0.103 e. The third-order valence-corrected chi connectivity index (χ3v) is 7.17. The van der Waals surface area contributed by atoms with Gasteiger partial charge in [0, 0.05) is 45.4 Å². The number of nitriles is 1. The molecule has 7 nitrogen and oxygen atoms in total. The van der Waals surface area contributed by atoms with Crippen LogP contribution >= 0.6 is 11.8 Å². The molecule has 4 heterocycles. The minimum absolute atomic E-state index is 0.184. The first-order valence-corrected chi connectivity index (χ1v) is 11.5. The number of benzene rings is 1. The van der Waals surface area contributed by atoms with Crippen molar-refractivity contribution in [3.63, 3.8) is 0 Å². The van der Waals surface area contributed by atoms with Gasteiger partial charge in [0.1, 0.15) is 11.6 Å². The van der Waals surface area contributed by atoms with Gasteiger partial charge in [0.15, 0.2) is 0 Å². The Kier molecular flexibility index (Phi) is 5.16. The number of rotatable bonds is 4. The summed E-state index contributed by atoms with van der Waals surface area (Å²) in [4.78, 5) is 1.84. The summed E-state index contributed by atoms with van der Waals surface area (Å²) in [6.07, 6.45) is 9.88. The fraction of sp³-hybridized carbons (Fsp3) is 0.292. The molecule has 0 aliphatic carbocycles. The van der Waals surface area contributed by atoms with Gasteiger partial charge in [-0.3, -0.25) is 4.68 Å². The monoisotopic (exact) mass is 443 g/mol. The summed E-state index contributed by atoms with van der Waals surface area (Å²) in [6.45, 7) is 5.40. The van der Waals surface area contributed by atoms with Crippen LogP contribution in [0.3, 0.4) is 0 Å². The van der Waals surface area contributed by atoms with Gasteiger partial charge >= 0.3 is 0 Å². The minimum atomic E-state index is 0.184. The predicted molar refractivity (Wildman–Crippen MR) is 126 cm³/mol. The molecule has 3 aromatic heterocycles. The second-order valence-electron chi connectivity index (χ2n) is 8.86. The predicted octanol–water partition coefficient (Wildman–Crippen LogP) is 4.51. The number of nitrogens with zero attached hydrogens (tertiary/aromatic N) is 5. The number of fused-ring (bicyclic) bond motifs is 1. The fourth-order valence-electron chi connectivity index (χ4n) is 4.13.